The van der Waals surface area contributed by atoms with Gasteiger partial charge in [-0.3, -0.25) is 9.78 Å². The Bertz CT molecular complexity index is 793. The maximum absolute atomic E-state index is 12.0. The first-order valence-corrected chi connectivity index (χ1v) is 9.79. The molecule has 1 aromatic carbocycles. The summed E-state index contributed by atoms with van der Waals surface area (Å²) >= 11 is 11.9. The Labute approximate surface area is 169 Å². The Morgan fingerprint density at radius 2 is 2.04 bits per heavy atom. The number of hydrogen-bond acceptors (Lipinski definition) is 4. The van der Waals surface area contributed by atoms with Crippen LogP contribution in [0.3, 0.4) is 0 Å². The summed E-state index contributed by atoms with van der Waals surface area (Å²) < 4.78 is 5.46. The van der Waals surface area contributed by atoms with Crippen LogP contribution in [0, 0.1) is 12.8 Å². The van der Waals surface area contributed by atoms with Crippen LogP contribution in [0.2, 0.25) is 10.0 Å². The molecule has 0 bridgehead atoms. The largest absolute Gasteiger partial charge is 0.482 e. The van der Waals surface area contributed by atoms with Crippen molar-refractivity contribution < 1.29 is 9.53 Å². The van der Waals surface area contributed by atoms with Crippen molar-refractivity contribution in [1.82, 2.24) is 10.3 Å². The molecule has 0 saturated carbocycles. The molecule has 7 heteroatoms. The monoisotopic (exact) mass is 407 g/mol. The summed E-state index contributed by atoms with van der Waals surface area (Å²) in [6, 6.07) is 9.09. The van der Waals surface area contributed by atoms with E-state index in [0.29, 0.717) is 28.3 Å². The number of nitrogens with one attached hydrogen (secondary N) is 1. The molecular formula is C20H23Cl2N3O2. The smallest absolute Gasteiger partial charge is 0.257 e. The third kappa shape index (κ3) is 5.75. The number of aromatic nitrogens is 1. The highest BCUT2D eigenvalue weighted by Crippen LogP contribution is 2.27. The highest BCUT2D eigenvalue weighted by molar-refractivity contribution is 6.35. The van der Waals surface area contributed by atoms with Crippen LogP contribution in [0.1, 0.15) is 18.5 Å². The summed E-state index contributed by atoms with van der Waals surface area (Å²) in [6.45, 7) is 4.59. The van der Waals surface area contributed by atoms with E-state index in [1.807, 2.05) is 19.2 Å². The van der Waals surface area contributed by atoms with Crippen LogP contribution in [-0.4, -0.2) is 37.1 Å². The summed E-state index contributed by atoms with van der Waals surface area (Å²) in [5, 5.41) is 3.89. The Hall–Kier alpha value is -1.98. The fourth-order valence-electron chi connectivity index (χ4n) is 3.17. The van der Waals surface area contributed by atoms with E-state index < -0.39 is 0 Å². The molecule has 2 aromatic rings. The molecule has 27 heavy (non-hydrogen) atoms. The molecule has 1 N–H and O–H groups in total. The van der Waals surface area contributed by atoms with E-state index in [9.17, 15) is 4.79 Å². The maximum atomic E-state index is 12.0. The van der Waals surface area contributed by atoms with Crippen molar-refractivity contribution in [3.8, 4) is 5.75 Å². The number of anilines is 1. The van der Waals surface area contributed by atoms with Crippen molar-refractivity contribution in [2.24, 2.45) is 5.92 Å². The van der Waals surface area contributed by atoms with Crippen LogP contribution in [0.15, 0.2) is 36.5 Å². The number of nitrogens with zero attached hydrogens (tertiary/aromatic N) is 2. The predicted octanol–water partition coefficient (Wildman–Crippen LogP) is 4.11. The van der Waals surface area contributed by atoms with Crippen molar-refractivity contribution in [2.45, 2.75) is 19.8 Å². The molecule has 144 valence electrons. The number of amides is 1. The molecule has 3 rings (SSSR count). The van der Waals surface area contributed by atoms with Crippen LogP contribution < -0.4 is 15.0 Å². The van der Waals surface area contributed by atoms with Gasteiger partial charge in [0.15, 0.2) is 6.61 Å². The van der Waals surface area contributed by atoms with Crippen molar-refractivity contribution in [3.63, 3.8) is 0 Å². The highest BCUT2D eigenvalue weighted by atomic mass is 35.5. The van der Waals surface area contributed by atoms with E-state index in [0.717, 1.165) is 31.6 Å². The Kier molecular flexibility index (Phi) is 6.80. The molecule has 5 nitrogen and oxygen atoms in total. The molecule has 1 amide bonds. The quantitative estimate of drug-likeness (QED) is 0.782. The molecule has 0 unspecified atom stereocenters. The van der Waals surface area contributed by atoms with E-state index in [2.05, 4.69) is 21.3 Å². The second-order valence-electron chi connectivity index (χ2n) is 6.75. The lowest BCUT2D eigenvalue weighted by molar-refractivity contribution is -0.123. The van der Waals surface area contributed by atoms with E-state index in [4.69, 9.17) is 27.9 Å². The van der Waals surface area contributed by atoms with E-state index >= 15 is 0 Å². The van der Waals surface area contributed by atoms with Gasteiger partial charge in [0.2, 0.25) is 0 Å². The highest BCUT2D eigenvalue weighted by Gasteiger charge is 2.20. The molecular weight excluding hydrogens is 385 g/mol. The van der Waals surface area contributed by atoms with Crippen LogP contribution in [-0.2, 0) is 4.79 Å². The first-order chi connectivity index (χ1) is 13.0. The summed E-state index contributed by atoms with van der Waals surface area (Å²) in [5.74, 6) is 0.789. The lowest BCUT2D eigenvalue weighted by Crippen LogP contribution is -2.39. The number of halogens is 2. The number of piperidine rings is 1. The zero-order valence-electron chi connectivity index (χ0n) is 15.3. The molecule has 1 aromatic heterocycles. The fraction of sp³-hybridized carbons (Fsp3) is 0.400. The third-order valence-corrected chi connectivity index (χ3v) is 5.23. The first kappa shape index (κ1) is 19.8. The minimum atomic E-state index is -0.145. The summed E-state index contributed by atoms with van der Waals surface area (Å²) in [6.07, 6.45) is 3.95. The normalized spacial score (nSPS) is 14.9. The SMILES string of the molecule is Cc1cc(N2CCC(CNC(=O)COc3ccc(Cl)cc3Cl)CC2)ccn1. The van der Waals surface area contributed by atoms with Gasteiger partial charge in [0.1, 0.15) is 5.75 Å². The number of aryl methyl sites for hydroxylation is 1. The van der Waals surface area contributed by atoms with Gasteiger partial charge in [-0.25, -0.2) is 0 Å². The van der Waals surface area contributed by atoms with Gasteiger partial charge < -0.3 is 15.0 Å². The zero-order valence-corrected chi connectivity index (χ0v) is 16.8. The standard InChI is InChI=1S/C20H23Cl2N3O2/c1-14-10-17(4-7-23-14)25-8-5-15(6-9-25)12-24-20(26)13-27-19-3-2-16(21)11-18(19)22/h2-4,7,10-11,15H,5-6,8-9,12-13H2,1H3,(H,24,26). The van der Waals surface area contributed by atoms with Crippen LogP contribution >= 0.6 is 23.2 Å². The van der Waals surface area contributed by atoms with E-state index in [-0.39, 0.29) is 12.5 Å². The second kappa shape index (κ2) is 9.29. The minimum absolute atomic E-state index is 0.0590. The van der Waals surface area contributed by atoms with Gasteiger partial charge >= 0.3 is 0 Å². The van der Waals surface area contributed by atoms with Crippen molar-refractivity contribution in [1.29, 1.82) is 0 Å². The van der Waals surface area contributed by atoms with Gasteiger partial charge in [-0.15, -0.1) is 0 Å². The van der Waals surface area contributed by atoms with Gasteiger partial charge in [-0.05, 0) is 56.0 Å². The Morgan fingerprint density at radius 1 is 1.26 bits per heavy atom. The van der Waals surface area contributed by atoms with Crippen LogP contribution in [0.4, 0.5) is 5.69 Å². The number of carbonyl (C=O) groups excluding carboxylic acids is 1. The van der Waals surface area contributed by atoms with Gasteiger partial charge in [0.05, 0.1) is 5.02 Å². The molecule has 0 aliphatic carbocycles. The number of carbonyl (C=O) groups is 1. The van der Waals surface area contributed by atoms with E-state index in [1.54, 1.807) is 18.2 Å². The molecule has 1 saturated heterocycles. The van der Waals surface area contributed by atoms with Crippen LogP contribution in [0.25, 0.3) is 0 Å². The number of benzene rings is 1. The average Bonchev–Trinajstić information content (AvgIpc) is 2.66. The molecule has 0 spiro atoms. The average molecular weight is 408 g/mol. The zero-order chi connectivity index (χ0) is 19.2. The van der Waals surface area contributed by atoms with Crippen LogP contribution in [0.5, 0.6) is 5.75 Å². The number of hydrogen-bond donors (Lipinski definition) is 1. The van der Waals surface area contributed by atoms with Crippen molar-refractivity contribution in [3.05, 3.63) is 52.3 Å². The van der Waals surface area contributed by atoms with Gasteiger partial charge in [-0.1, -0.05) is 23.2 Å². The molecule has 0 atom stereocenters. The van der Waals surface area contributed by atoms with Gasteiger partial charge in [0, 0.05) is 42.2 Å². The molecule has 1 fully saturated rings. The van der Waals surface area contributed by atoms with E-state index in [1.165, 1.54) is 5.69 Å². The topological polar surface area (TPSA) is 54.5 Å². The fourth-order valence-corrected chi connectivity index (χ4v) is 3.63. The lowest BCUT2D eigenvalue weighted by Gasteiger charge is -2.33. The lowest BCUT2D eigenvalue weighted by atomic mass is 9.96. The predicted molar refractivity (Wildman–Crippen MR) is 109 cm³/mol. The molecule has 0 radical (unpaired) electrons. The summed E-state index contributed by atoms with van der Waals surface area (Å²) in [5.41, 5.74) is 2.25. The summed E-state index contributed by atoms with van der Waals surface area (Å²) in [7, 11) is 0. The minimum Gasteiger partial charge on any atom is -0.482 e. The first-order valence-electron chi connectivity index (χ1n) is 9.03. The Morgan fingerprint density at radius 3 is 2.74 bits per heavy atom. The summed E-state index contributed by atoms with van der Waals surface area (Å²) in [4.78, 5) is 18.7. The van der Waals surface area contributed by atoms with Crippen molar-refractivity contribution in [2.75, 3.05) is 31.1 Å². The van der Waals surface area contributed by atoms with Crippen molar-refractivity contribution >= 4 is 34.8 Å². The maximum Gasteiger partial charge on any atom is 0.257 e. The number of rotatable bonds is 6. The second-order valence-corrected chi connectivity index (χ2v) is 7.60. The Balaban J connectivity index is 1.39. The number of pyridine rings is 1. The number of ether oxygens (including phenoxy) is 1. The molecule has 2 heterocycles. The molecule has 1 aliphatic heterocycles. The third-order valence-electron chi connectivity index (χ3n) is 4.70. The molecule has 1 aliphatic rings. The van der Waals surface area contributed by atoms with Gasteiger partial charge in [0.25, 0.3) is 5.91 Å². The van der Waals surface area contributed by atoms with Gasteiger partial charge in [-0.2, -0.15) is 0 Å².